The number of hydrogen-bond acceptors (Lipinski definition) is 5. The van der Waals surface area contributed by atoms with E-state index in [1.165, 1.54) is 30.0 Å². The van der Waals surface area contributed by atoms with Gasteiger partial charge in [-0.2, -0.15) is 0 Å². The Hall–Kier alpha value is -1.64. The number of hydrogen-bond donors (Lipinski definition) is 2. The summed E-state index contributed by atoms with van der Waals surface area (Å²) in [5, 5.41) is 5.19. The van der Waals surface area contributed by atoms with Crippen LogP contribution >= 0.6 is 23.4 Å². The second-order valence-corrected chi connectivity index (χ2v) is 7.36. The van der Waals surface area contributed by atoms with Gasteiger partial charge in [0, 0.05) is 18.7 Å². The largest absolute Gasteiger partial charge is 0.376 e. The van der Waals surface area contributed by atoms with Crippen molar-refractivity contribution in [1.82, 2.24) is 5.32 Å². The maximum atomic E-state index is 13.1. The smallest absolute Gasteiger partial charge is 0.240 e. The van der Waals surface area contributed by atoms with E-state index >= 15 is 0 Å². The molecule has 6 nitrogen and oxygen atoms in total. The molecule has 0 bridgehead atoms. The molecule has 0 aliphatic carbocycles. The maximum absolute atomic E-state index is 13.1. The lowest BCUT2D eigenvalue weighted by Crippen LogP contribution is -2.28. The Morgan fingerprint density at radius 2 is 2.36 bits per heavy atom. The van der Waals surface area contributed by atoms with Gasteiger partial charge in [-0.1, -0.05) is 23.4 Å². The van der Waals surface area contributed by atoms with Crippen LogP contribution in [-0.4, -0.2) is 41.5 Å². The fourth-order valence-corrected chi connectivity index (χ4v) is 3.70. The predicted octanol–water partition coefficient (Wildman–Crippen LogP) is 2.57. The average molecular weight is 386 g/mol. The van der Waals surface area contributed by atoms with E-state index in [4.69, 9.17) is 16.3 Å². The maximum Gasteiger partial charge on any atom is 0.240 e. The van der Waals surface area contributed by atoms with Gasteiger partial charge >= 0.3 is 0 Å². The summed E-state index contributed by atoms with van der Waals surface area (Å²) in [5.41, 5.74) is 0.382. The van der Waals surface area contributed by atoms with Gasteiger partial charge in [0.2, 0.25) is 11.8 Å². The van der Waals surface area contributed by atoms with Gasteiger partial charge in [-0.25, -0.2) is 4.39 Å². The van der Waals surface area contributed by atoms with Crippen LogP contribution in [0.1, 0.15) is 19.3 Å². The lowest BCUT2D eigenvalue weighted by Gasteiger charge is -2.08. The highest BCUT2D eigenvalue weighted by Crippen LogP contribution is 2.24. The average Bonchev–Trinajstić information content (AvgIpc) is 3.19. The molecule has 1 aromatic carbocycles. The van der Waals surface area contributed by atoms with Gasteiger partial charge in [-0.05, 0) is 31.0 Å². The molecule has 134 valence electrons. The standard InChI is InChI=1S/C16H17ClFN3O3S/c17-11-6-9(3-4-12(11)18)20-14(22)7-13-15(23)21-16(25-13)19-8-10-2-1-5-24-10/h3-4,6,10,13H,1-2,5,7-8H2,(H,20,22)(H,19,21,23). The van der Waals surface area contributed by atoms with Gasteiger partial charge < -0.3 is 15.4 Å². The number of nitrogens with zero attached hydrogens (tertiary/aromatic N) is 1. The Labute approximate surface area is 153 Å². The number of ether oxygens (including phenoxy) is 1. The number of nitrogens with one attached hydrogen (secondary N) is 2. The number of anilines is 1. The SMILES string of the molecule is O=C(CC1SC(=NCC2CCCO2)NC1=O)Nc1ccc(F)c(Cl)c1. The van der Waals surface area contributed by atoms with Crippen molar-refractivity contribution in [1.29, 1.82) is 0 Å². The molecule has 0 aromatic heterocycles. The Morgan fingerprint density at radius 1 is 1.52 bits per heavy atom. The normalized spacial score (nSPS) is 24.6. The van der Waals surface area contributed by atoms with E-state index < -0.39 is 11.1 Å². The first-order valence-corrected chi connectivity index (χ1v) is 9.15. The third-order valence-corrected chi connectivity index (χ3v) is 5.22. The molecule has 2 atom stereocenters. The van der Waals surface area contributed by atoms with Crippen LogP contribution in [-0.2, 0) is 14.3 Å². The van der Waals surface area contributed by atoms with Crippen LogP contribution in [0.25, 0.3) is 0 Å². The lowest BCUT2D eigenvalue weighted by atomic mass is 10.2. The van der Waals surface area contributed by atoms with Gasteiger partial charge in [0.25, 0.3) is 0 Å². The van der Waals surface area contributed by atoms with Crippen molar-refractivity contribution >= 4 is 46.0 Å². The first-order valence-electron chi connectivity index (χ1n) is 7.90. The number of aliphatic imine (C=N–C) groups is 1. The van der Waals surface area contributed by atoms with E-state index in [0.29, 0.717) is 17.4 Å². The van der Waals surface area contributed by atoms with Crippen molar-refractivity contribution in [3.05, 3.63) is 29.0 Å². The second-order valence-electron chi connectivity index (χ2n) is 5.76. The molecule has 9 heteroatoms. The zero-order chi connectivity index (χ0) is 17.8. The van der Waals surface area contributed by atoms with Gasteiger partial charge in [-0.15, -0.1) is 0 Å². The highest BCUT2D eigenvalue weighted by Gasteiger charge is 2.32. The molecule has 2 amide bonds. The van der Waals surface area contributed by atoms with Crippen LogP contribution in [0.4, 0.5) is 10.1 Å². The van der Waals surface area contributed by atoms with Crippen molar-refractivity contribution in [2.45, 2.75) is 30.6 Å². The molecule has 2 fully saturated rings. The number of thioether (sulfide) groups is 1. The topological polar surface area (TPSA) is 79.8 Å². The molecule has 2 N–H and O–H groups in total. The second kappa shape index (κ2) is 8.16. The number of benzene rings is 1. The summed E-state index contributed by atoms with van der Waals surface area (Å²) in [5.74, 6) is -1.16. The van der Waals surface area contributed by atoms with Crippen LogP contribution in [0.5, 0.6) is 0 Å². The van der Waals surface area contributed by atoms with E-state index in [1.54, 1.807) is 0 Å². The van der Waals surface area contributed by atoms with Gasteiger partial charge in [-0.3, -0.25) is 14.6 Å². The third-order valence-electron chi connectivity index (χ3n) is 3.81. The van der Waals surface area contributed by atoms with Crippen LogP contribution in [0.3, 0.4) is 0 Å². The molecule has 1 aromatic rings. The third kappa shape index (κ3) is 4.93. The highest BCUT2D eigenvalue weighted by molar-refractivity contribution is 8.15. The van der Waals surface area contributed by atoms with E-state index in [-0.39, 0.29) is 29.4 Å². The molecular formula is C16H17ClFN3O3S. The molecular weight excluding hydrogens is 369 g/mol. The molecule has 0 radical (unpaired) electrons. The van der Waals surface area contributed by atoms with Crippen molar-refractivity contribution in [2.75, 3.05) is 18.5 Å². The summed E-state index contributed by atoms with van der Waals surface area (Å²) in [6, 6.07) is 3.91. The molecule has 2 heterocycles. The predicted molar refractivity (Wildman–Crippen MR) is 95.5 cm³/mol. The number of carbonyl (C=O) groups excluding carboxylic acids is 2. The summed E-state index contributed by atoms with van der Waals surface area (Å²) in [6.07, 6.45) is 2.10. The van der Waals surface area contributed by atoms with Crippen LogP contribution in [0, 0.1) is 5.82 Å². The summed E-state index contributed by atoms with van der Waals surface area (Å²) < 4.78 is 18.6. The Morgan fingerprint density at radius 3 is 3.08 bits per heavy atom. The fourth-order valence-electron chi connectivity index (χ4n) is 2.54. The van der Waals surface area contributed by atoms with Crippen molar-refractivity contribution < 1.29 is 18.7 Å². The van der Waals surface area contributed by atoms with Crippen molar-refractivity contribution in [3.63, 3.8) is 0 Å². The minimum atomic E-state index is -0.558. The summed E-state index contributed by atoms with van der Waals surface area (Å²) in [7, 11) is 0. The number of amides is 2. The van der Waals surface area contributed by atoms with Crippen molar-refractivity contribution in [3.8, 4) is 0 Å². The quantitative estimate of drug-likeness (QED) is 0.816. The fraction of sp³-hybridized carbons (Fsp3) is 0.438. The summed E-state index contributed by atoms with van der Waals surface area (Å²) >= 11 is 6.91. The van der Waals surface area contributed by atoms with Gasteiger partial charge in [0.15, 0.2) is 5.17 Å². The lowest BCUT2D eigenvalue weighted by molar-refractivity contribution is -0.122. The van der Waals surface area contributed by atoms with Crippen molar-refractivity contribution in [2.24, 2.45) is 4.99 Å². The zero-order valence-electron chi connectivity index (χ0n) is 13.3. The van der Waals surface area contributed by atoms with Gasteiger partial charge in [0.05, 0.1) is 17.7 Å². The van der Waals surface area contributed by atoms with E-state index in [9.17, 15) is 14.0 Å². The Balaban J connectivity index is 1.51. The molecule has 25 heavy (non-hydrogen) atoms. The molecule has 3 rings (SSSR count). The number of carbonyl (C=O) groups is 2. The first-order chi connectivity index (χ1) is 12.0. The van der Waals surface area contributed by atoms with E-state index in [2.05, 4.69) is 15.6 Å². The van der Waals surface area contributed by atoms with Crippen LogP contribution < -0.4 is 10.6 Å². The summed E-state index contributed by atoms with van der Waals surface area (Å²) in [6.45, 7) is 1.26. The van der Waals surface area contributed by atoms with Gasteiger partial charge in [0.1, 0.15) is 11.1 Å². The molecule has 0 saturated carbocycles. The minimum Gasteiger partial charge on any atom is -0.376 e. The molecule has 0 spiro atoms. The molecule has 2 aliphatic rings. The first kappa shape index (κ1) is 18.2. The number of rotatable bonds is 5. The zero-order valence-corrected chi connectivity index (χ0v) is 14.8. The van der Waals surface area contributed by atoms with Crippen LogP contribution in [0.15, 0.2) is 23.2 Å². The summed E-state index contributed by atoms with van der Waals surface area (Å²) in [4.78, 5) is 28.4. The molecule has 2 saturated heterocycles. The highest BCUT2D eigenvalue weighted by atomic mass is 35.5. The van der Waals surface area contributed by atoms with E-state index in [0.717, 1.165) is 19.4 Å². The monoisotopic (exact) mass is 385 g/mol. The van der Waals surface area contributed by atoms with E-state index in [1.807, 2.05) is 0 Å². The Bertz CT molecular complexity index is 710. The Kier molecular flexibility index (Phi) is 5.93. The molecule has 2 aliphatic heterocycles. The number of halogens is 2. The molecule has 2 unspecified atom stereocenters. The minimum absolute atomic E-state index is 0.00948. The number of amidine groups is 1. The van der Waals surface area contributed by atoms with Crippen LogP contribution in [0.2, 0.25) is 5.02 Å².